The van der Waals surface area contributed by atoms with Crippen molar-refractivity contribution < 1.29 is 18.1 Å². The molecule has 0 bridgehead atoms. The van der Waals surface area contributed by atoms with Crippen LogP contribution in [0.1, 0.15) is 0 Å². The molecule has 10 heteroatoms. The second-order valence-electron chi connectivity index (χ2n) is 5.50. The minimum atomic E-state index is -4.25. The molecule has 3 aromatic carbocycles. The molecule has 7 nitrogen and oxygen atoms in total. The third-order valence-corrected chi connectivity index (χ3v) is 5.54. The number of nitrogens with one attached hydrogen (secondary N) is 1. The first-order valence-corrected chi connectivity index (χ1v) is 10.00. The van der Waals surface area contributed by atoms with E-state index in [1.54, 1.807) is 18.2 Å². The van der Waals surface area contributed by atoms with Gasteiger partial charge in [-0.3, -0.25) is 14.8 Å². The Balaban J connectivity index is 1.97. The van der Waals surface area contributed by atoms with E-state index in [0.717, 1.165) is 12.1 Å². The van der Waals surface area contributed by atoms with E-state index in [1.807, 2.05) is 0 Å². The monoisotopic (exact) mass is 438 g/mol. The molecule has 0 atom stereocenters. The van der Waals surface area contributed by atoms with Crippen LogP contribution >= 0.6 is 23.2 Å². The lowest BCUT2D eigenvalue weighted by Gasteiger charge is -2.14. The minimum Gasteiger partial charge on any atom is -0.454 e. The van der Waals surface area contributed by atoms with Crippen LogP contribution < -0.4 is 9.46 Å². The van der Waals surface area contributed by atoms with Crippen molar-refractivity contribution in [2.75, 3.05) is 4.72 Å². The Hall–Kier alpha value is -2.81. The maximum Gasteiger partial charge on any atom is 0.289 e. The van der Waals surface area contributed by atoms with E-state index in [0.29, 0.717) is 5.02 Å². The highest BCUT2D eigenvalue weighted by molar-refractivity contribution is 7.92. The maximum atomic E-state index is 12.7. The number of halogens is 2. The van der Waals surface area contributed by atoms with Crippen LogP contribution in [0.2, 0.25) is 10.0 Å². The van der Waals surface area contributed by atoms with Gasteiger partial charge in [-0.15, -0.1) is 0 Å². The van der Waals surface area contributed by atoms with Crippen molar-refractivity contribution in [3.05, 3.63) is 86.9 Å². The van der Waals surface area contributed by atoms with E-state index in [4.69, 9.17) is 27.9 Å². The minimum absolute atomic E-state index is 0.0895. The molecule has 1 N–H and O–H groups in total. The molecule has 0 aliphatic heterocycles. The molecular formula is C18H12Cl2N2O5S. The van der Waals surface area contributed by atoms with E-state index in [2.05, 4.69) is 4.72 Å². The molecular weight excluding hydrogens is 427 g/mol. The number of benzene rings is 3. The molecule has 144 valence electrons. The molecule has 0 radical (unpaired) electrons. The highest BCUT2D eigenvalue weighted by Gasteiger charge is 2.26. The van der Waals surface area contributed by atoms with E-state index in [1.165, 1.54) is 36.4 Å². The Morgan fingerprint density at radius 1 is 0.929 bits per heavy atom. The molecule has 0 saturated carbocycles. The van der Waals surface area contributed by atoms with Crippen LogP contribution in [0.5, 0.6) is 11.5 Å². The van der Waals surface area contributed by atoms with Crippen LogP contribution in [0.25, 0.3) is 0 Å². The zero-order valence-electron chi connectivity index (χ0n) is 14.0. The van der Waals surface area contributed by atoms with E-state index < -0.39 is 25.5 Å². The molecule has 3 aromatic rings. The van der Waals surface area contributed by atoms with Gasteiger partial charge in [0.05, 0.1) is 15.6 Å². The predicted octanol–water partition coefficient (Wildman–Crippen LogP) is 5.49. The topological polar surface area (TPSA) is 98.5 Å². The third-order valence-electron chi connectivity index (χ3n) is 3.60. The van der Waals surface area contributed by atoms with Crippen molar-refractivity contribution in [2.24, 2.45) is 0 Å². The number of sulfonamides is 1. The van der Waals surface area contributed by atoms with Gasteiger partial charge in [0.2, 0.25) is 0 Å². The first-order chi connectivity index (χ1) is 13.3. The van der Waals surface area contributed by atoms with Crippen LogP contribution in [0.3, 0.4) is 0 Å². The quantitative estimate of drug-likeness (QED) is 0.404. The summed E-state index contributed by atoms with van der Waals surface area (Å²) in [6, 6.07) is 15.9. The number of para-hydroxylation sites is 3. The van der Waals surface area contributed by atoms with Crippen molar-refractivity contribution in [1.29, 1.82) is 0 Å². The number of nitrogens with zero attached hydrogens (tertiary/aromatic N) is 1. The first kappa shape index (κ1) is 19.9. The Morgan fingerprint density at radius 3 is 2.32 bits per heavy atom. The van der Waals surface area contributed by atoms with Gasteiger partial charge in [0.1, 0.15) is 5.75 Å². The fourth-order valence-electron chi connectivity index (χ4n) is 2.35. The van der Waals surface area contributed by atoms with Gasteiger partial charge in [-0.1, -0.05) is 47.5 Å². The molecule has 0 unspecified atom stereocenters. The molecule has 0 heterocycles. The summed E-state index contributed by atoms with van der Waals surface area (Å²) in [7, 11) is -4.25. The summed E-state index contributed by atoms with van der Waals surface area (Å²) < 4.78 is 33.5. The Bertz CT molecular complexity index is 1150. The van der Waals surface area contributed by atoms with Gasteiger partial charge in [0.15, 0.2) is 10.6 Å². The second kappa shape index (κ2) is 8.05. The van der Waals surface area contributed by atoms with E-state index in [-0.39, 0.29) is 22.2 Å². The molecule has 28 heavy (non-hydrogen) atoms. The second-order valence-corrected chi connectivity index (χ2v) is 8.00. The number of hydrogen-bond donors (Lipinski definition) is 1. The smallest absolute Gasteiger partial charge is 0.289 e. The summed E-state index contributed by atoms with van der Waals surface area (Å²) >= 11 is 12.0. The summed E-state index contributed by atoms with van der Waals surface area (Å²) in [6.45, 7) is 0. The zero-order chi connectivity index (χ0) is 20.3. The van der Waals surface area contributed by atoms with E-state index >= 15 is 0 Å². The lowest BCUT2D eigenvalue weighted by Crippen LogP contribution is -2.15. The van der Waals surface area contributed by atoms with Crippen molar-refractivity contribution in [2.45, 2.75) is 4.90 Å². The standard InChI is InChI=1S/C18H12Cl2N2O5S/c19-12-9-10-16(13(20)11-12)27-17-7-3-1-5-14(17)21-28(25,26)18-8-4-2-6-15(18)22(23)24/h1-11,21H. The predicted molar refractivity (Wildman–Crippen MR) is 107 cm³/mol. The van der Waals surface area contributed by atoms with Crippen LogP contribution in [0, 0.1) is 10.1 Å². The molecule has 0 fully saturated rings. The highest BCUT2D eigenvalue weighted by atomic mass is 35.5. The average molecular weight is 439 g/mol. The summed E-state index contributed by atoms with van der Waals surface area (Å²) in [6.07, 6.45) is 0. The number of nitro benzene ring substituents is 1. The lowest BCUT2D eigenvalue weighted by molar-refractivity contribution is -0.387. The molecule has 0 aliphatic rings. The van der Waals surface area contributed by atoms with Gasteiger partial charge in [-0.2, -0.15) is 0 Å². The summed E-state index contributed by atoms with van der Waals surface area (Å²) in [5.74, 6) is 0.428. The average Bonchev–Trinajstić information content (AvgIpc) is 2.65. The van der Waals surface area contributed by atoms with Gasteiger partial charge >= 0.3 is 0 Å². The normalized spacial score (nSPS) is 11.1. The number of nitro groups is 1. The van der Waals surface area contributed by atoms with E-state index in [9.17, 15) is 18.5 Å². The summed E-state index contributed by atoms with van der Waals surface area (Å²) in [4.78, 5) is 9.94. The summed E-state index contributed by atoms with van der Waals surface area (Å²) in [5, 5.41) is 11.8. The Morgan fingerprint density at radius 2 is 1.61 bits per heavy atom. The molecule has 0 aromatic heterocycles. The molecule has 0 spiro atoms. The van der Waals surface area contributed by atoms with Gasteiger partial charge in [0, 0.05) is 11.1 Å². The maximum absolute atomic E-state index is 12.7. The van der Waals surface area contributed by atoms with Crippen molar-refractivity contribution in [3.8, 4) is 11.5 Å². The van der Waals surface area contributed by atoms with Crippen LogP contribution in [0.4, 0.5) is 11.4 Å². The number of rotatable bonds is 6. The number of ether oxygens (including phenoxy) is 1. The van der Waals surface area contributed by atoms with Gasteiger partial charge in [0.25, 0.3) is 15.7 Å². The first-order valence-electron chi connectivity index (χ1n) is 7.76. The number of hydrogen-bond acceptors (Lipinski definition) is 5. The SMILES string of the molecule is O=[N+]([O-])c1ccccc1S(=O)(=O)Nc1ccccc1Oc1ccc(Cl)cc1Cl. The Labute approximate surface area is 170 Å². The fraction of sp³-hybridized carbons (Fsp3) is 0. The largest absolute Gasteiger partial charge is 0.454 e. The Kier molecular flexibility index (Phi) is 5.73. The van der Waals surface area contributed by atoms with Gasteiger partial charge in [-0.25, -0.2) is 8.42 Å². The van der Waals surface area contributed by atoms with Crippen LogP contribution in [0.15, 0.2) is 71.6 Å². The lowest BCUT2D eigenvalue weighted by atomic mass is 10.3. The summed E-state index contributed by atoms with van der Waals surface area (Å²) in [5.41, 5.74) is -0.444. The molecule has 0 saturated heterocycles. The molecule has 0 amide bonds. The van der Waals surface area contributed by atoms with Crippen LogP contribution in [-0.4, -0.2) is 13.3 Å². The number of anilines is 1. The molecule has 0 aliphatic carbocycles. The van der Waals surface area contributed by atoms with Gasteiger partial charge in [-0.05, 0) is 36.4 Å². The highest BCUT2D eigenvalue weighted by Crippen LogP contribution is 2.36. The van der Waals surface area contributed by atoms with Crippen molar-refractivity contribution in [3.63, 3.8) is 0 Å². The van der Waals surface area contributed by atoms with Crippen molar-refractivity contribution >= 4 is 44.6 Å². The third kappa shape index (κ3) is 4.36. The molecule has 3 rings (SSSR count). The van der Waals surface area contributed by atoms with Crippen molar-refractivity contribution in [1.82, 2.24) is 0 Å². The zero-order valence-corrected chi connectivity index (χ0v) is 16.3. The van der Waals surface area contributed by atoms with Crippen LogP contribution in [-0.2, 0) is 10.0 Å². The van der Waals surface area contributed by atoms with Gasteiger partial charge < -0.3 is 4.74 Å². The fourth-order valence-corrected chi connectivity index (χ4v) is 4.04.